The molecule has 2 aliphatic heterocycles. The summed E-state index contributed by atoms with van der Waals surface area (Å²) in [6.07, 6.45) is -0.759. The second-order valence-electron chi connectivity index (χ2n) is 10.5. The largest absolute Gasteiger partial charge is 0.417 e. The van der Waals surface area contributed by atoms with Gasteiger partial charge in [0.25, 0.3) is 11.8 Å². The molecular formula is C25H32F3N5O3S. The first-order valence-electron chi connectivity index (χ1n) is 12.4. The Bertz CT molecular complexity index is 1160. The molecule has 0 radical (unpaired) electrons. The van der Waals surface area contributed by atoms with Crippen LogP contribution in [-0.4, -0.2) is 64.1 Å². The van der Waals surface area contributed by atoms with E-state index in [9.17, 15) is 22.8 Å². The number of carbonyl (C=O) groups excluding carboxylic acids is 2. The number of thiazole rings is 1. The highest BCUT2D eigenvalue weighted by Crippen LogP contribution is 2.42. The summed E-state index contributed by atoms with van der Waals surface area (Å²) < 4.78 is 48.1. The number of alkyl halides is 3. The van der Waals surface area contributed by atoms with Crippen LogP contribution in [0.1, 0.15) is 79.2 Å². The van der Waals surface area contributed by atoms with E-state index >= 15 is 0 Å². The molecule has 4 rings (SSSR count). The molecule has 0 spiro atoms. The van der Waals surface area contributed by atoms with Crippen LogP contribution in [0, 0.1) is 0 Å². The van der Waals surface area contributed by atoms with Gasteiger partial charge in [-0.2, -0.15) is 13.2 Å². The number of nitrogens with one attached hydrogen (secondary N) is 2. The van der Waals surface area contributed by atoms with Crippen LogP contribution in [0.25, 0.3) is 10.4 Å². The number of aromatic nitrogens is 2. The molecule has 2 aromatic heterocycles. The lowest BCUT2D eigenvalue weighted by Crippen LogP contribution is -2.39. The number of hydrogen-bond donors (Lipinski definition) is 2. The lowest BCUT2D eigenvalue weighted by Gasteiger charge is -2.23. The zero-order valence-corrected chi connectivity index (χ0v) is 22.2. The topological polar surface area (TPSA) is 96.5 Å². The van der Waals surface area contributed by atoms with Gasteiger partial charge in [0.1, 0.15) is 11.5 Å². The SMILES string of the molecule is CC1CCCN1C(=O)c1nc(C(=O)NC2CCOCC2)sc1-c1cnc(NC(C)(C)C)cc1C(F)(F)F. The van der Waals surface area contributed by atoms with Gasteiger partial charge >= 0.3 is 6.18 Å². The van der Waals surface area contributed by atoms with Gasteiger partial charge in [0, 0.05) is 49.1 Å². The molecule has 12 heteroatoms. The van der Waals surface area contributed by atoms with Gasteiger partial charge in [-0.1, -0.05) is 0 Å². The first-order valence-corrected chi connectivity index (χ1v) is 13.2. The van der Waals surface area contributed by atoms with Crippen molar-refractivity contribution in [3.8, 4) is 10.4 Å². The second kappa shape index (κ2) is 10.6. The molecule has 2 aromatic rings. The molecule has 202 valence electrons. The molecular weight excluding hydrogens is 507 g/mol. The van der Waals surface area contributed by atoms with Gasteiger partial charge in [-0.05, 0) is 59.4 Å². The average molecular weight is 540 g/mol. The number of amides is 2. The van der Waals surface area contributed by atoms with Crippen LogP contribution in [-0.2, 0) is 10.9 Å². The highest BCUT2D eigenvalue weighted by Gasteiger charge is 2.38. The summed E-state index contributed by atoms with van der Waals surface area (Å²) in [6.45, 7) is 8.86. The summed E-state index contributed by atoms with van der Waals surface area (Å²) >= 11 is 0.785. The molecule has 2 aliphatic rings. The summed E-state index contributed by atoms with van der Waals surface area (Å²) in [5.41, 5.74) is -1.88. The van der Waals surface area contributed by atoms with Gasteiger partial charge in [-0.3, -0.25) is 9.59 Å². The monoisotopic (exact) mass is 539 g/mol. The van der Waals surface area contributed by atoms with Crippen molar-refractivity contribution in [3.63, 3.8) is 0 Å². The van der Waals surface area contributed by atoms with Crippen LogP contribution >= 0.6 is 11.3 Å². The molecule has 0 bridgehead atoms. The molecule has 1 unspecified atom stereocenters. The number of ether oxygens (including phenoxy) is 1. The van der Waals surface area contributed by atoms with E-state index in [4.69, 9.17) is 4.74 Å². The van der Waals surface area contributed by atoms with Crippen molar-refractivity contribution < 1.29 is 27.5 Å². The van der Waals surface area contributed by atoms with Crippen molar-refractivity contribution in [2.24, 2.45) is 0 Å². The number of nitrogens with zero attached hydrogens (tertiary/aromatic N) is 3. The Labute approximate surface area is 218 Å². The molecule has 2 N–H and O–H groups in total. The van der Waals surface area contributed by atoms with Crippen LogP contribution in [0.2, 0.25) is 0 Å². The maximum atomic E-state index is 14.3. The van der Waals surface area contributed by atoms with Gasteiger partial charge in [-0.25, -0.2) is 9.97 Å². The lowest BCUT2D eigenvalue weighted by molar-refractivity contribution is -0.137. The van der Waals surface area contributed by atoms with Crippen LogP contribution in [0.3, 0.4) is 0 Å². The summed E-state index contributed by atoms with van der Waals surface area (Å²) in [6, 6.07) is 0.746. The molecule has 4 heterocycles. The Morgan fingerprint density at radius 1 is 1.16 bits per heavy atom. The maximum Gasteiger partial charge on any atom is 0.417 e. The van der Waals surface area contributed by atoms with Gasteiger partial charge in [0.05, 0.1) is 10.4 Å². The third kappa shape index (κ3) is 6.40. The fourth-order valence-electron chi connectivity index (χ4n) is 4.53. The normalized spacial score (nSPS) is 19.2. The Balaban J connectivity index is 1.78. The van der Waals surface area contributed by atoms with Crippen molar-refractivity contribution in [2.75, 3.05) is 25.1 Å². The van der Waals surface area contributed by atoms with Crippen LogP contribution < -0.4 is 10.6 Å². The molecule has 37 heavy (non-hydrogen) atoms. The van der Waals surface area contributed by atoms with E-state index < -0.39 is 29.1 Å². The van der Waals surface area contributed by atoms with E-state index in [1.165, 1.54) is 0 Å². The van der Waals surface area contributed by atoms with E-state index in [1.807, 2.05) is 27.7 Å². The van der Waals surface area contributed by atoms with Crippen molar-refractivity contribution in [1.82, 2.24) is 20.2 Å². The quantitative estimate of drug-likeness (QED) is 0.557. The minimum Gasteiger partial charge on any atom is -0.381 e. The van der Waals surface area contributed by atoms with Crippen molar-refractivity contribution in [2.45, 2.75) is 77.2 Å². The molecule has 2 saturated heterocycles. The highest BCUT2D eigenvalue weighted by atomic mass is 32.1. The second-order valence-corrected chi connectivity index (χ2v) is 11.5. The van der Waals surface area contributed by atoms with E-state index in [2.05, 4.69) is 20.6 Å². The third-order valence-corrected chi connectivity index (χ3v) is 7.44. The molecule has 1 atom stereocenters. The first-order chi connectivity index (χ1) is 17.3. The molecule has 2 amide bonds. The number of anilines is 1. The van der Waals surface area contributed by atoms with E-state index in [0.29, 0.717) is 32.6 Å². The molecule has 2 fully saturated rings. The predicted molar refractivity (Wildman–Crippen MR) is 135 cm³/mol. The van der Waals surface area contributed by atoms with E-state index in [-0.39, 0.29) is 39.0 Å². The fourth-order valence-corrected chi connectivity index (χ4v) is 5.51. The van der Waals surface area contributed by atoms with Gasteiger partial charge in [0.2, 0.25) is 0 Å². The minimum atomic E-state index is -4.72. The van der Waals surface area contributed by atoms with Gasteiger partial charge in [-0.15, -0.1) is 11.3 Å². The van der Waals surface area contributed by atoms with Crippen LogP contribution in [0.15, 0.2) is 12.3 Å². The first kappa shape index (κ1) is 27.3. The van der Waals surface area contributed by atoms with Gasteiger partial charge < -0.3 is 20.3 Å². The number of carbonyl (C=O) groups is 2. The lowest BCUT2D eigenvalue weighted by atomic mass is 10.1. The zero-order chi connectivity index (χ0) is 27.0. The summed E-state index contributed by atoms with van der Waals surface area (Å²) in [5, 5.41) is 5.78. The van der Waals surface area contributed by atoms with Crippen molar-refractivity contribution >= 4 is 29.0 Å². The molecule has 8 nitrogen and oxygen atoms in total. The Morgan fingerprint density at radius 3 is 2.46 bits per heavy atom. The van der Waals surface area contributed by atoms with Crippen LogP contribution in [0.5, 0.6) is 0 Å². The summed E-state index contributed by atoms with van der Waals surface area (Å²) in [7, 11) is 0. The summed E-state index contributed by atoms with van der Waals surface area (Å²) in [4.78, 5) is 36.6. The summed E-state index contributed by atoms with van der Waals surface area (Å²) in [5.74, 6) is -0.933. The van der Waals surface area contributed by atoms with E-state index in [1.54, 1.807) is 4.90 Å². The predicted octanol–water partition coefficient (Wildman–Crippen LogP) is 4.97. The number of pyridine rings is 1. The highest BCUT2D eigenvalue weighted by molar-refractivity contribution is 7.17. The zero-order valence-electron chi connectivity index (χ0n) is 21.4. The Kier molecular flexibility index (Phi) is 7.80. The molecule has 0 aliphatic carbocycles. The minimum absolute atomic E-state index is 0.0108. The average Bonchev–Trinajstić information content (AvgIpc) is 3.44. The Morgan fingerprint density at radius 2 is 1.86 bits per heavy atom. The van der Waals surface area contributed by atoms with E-state index in [0.717, 1.165) is 36.4 Å². The Hall–Kier alpha value is -2.73. The molecule has 0 aromatic carbocycles. The maximum absolute atomic E-state index is 14.3. The van der Waals surface area contributed by atoms with Gasteiger partial charge in [0.15, 0.2) is 5.01 Å². The fraction of sp³-hybridized carbons (Fsp3) is 0.600. The molecule has 0 saturated carbocycles. The van der Waals surface area contributed by atoms with Crippen LogP contribution in [0.4, 0.5) is 19.0 Å². The number of rotatable bonds is 5. The number of hydrogen-bond acceptors (Lipinski definition) is 7. The number of halogens is 3. The smallest absolute Gasteiger partial charge is 0.381 e. The van der Waals surface area contributed by atoms with Crippen molar-refractivity contribution in [3.05, 3.63) is 28.5 Å². The van der Waals surface area contributed by atoms with Crippen molar-refractivity contribution in [1.29, 1.82) is 0 Å². The number of likely N-dealkylation sites (tertiary alicyclic amines) is 1. The standard InChI is InChI=1S/C25H32F3N5O3S/c1-14-6-5-9-33(14)23(35)19-20(37-22(31-19)21(34)30-15-7-10-36-11-8-15)16-13-29-18(32-24(2,3)4)12-17(16)25(26,27)28/h12-15H,5-11H2,1-4H3,(H,29,32)(H,30,34). The third-order valence-electron chi connectivity index (χ3n) is 6.35.